The quantitative estimate of drug-likeness (QED) is 0.829. The number of nitrogens with zero attached hydrogens (tertiary/aromatic N) is 1. The summed E-state index contributed by atoms with van der Waals surface area (Å²) < 4.78 is 0. The van der Waals surface area contributed by atoms with Crippen molar-refractivity contribution in [3.05, 3.63) is 44.7 Å². The predicted octanol–water partition coefficient (Wildman–Crippen LogP) is 4.89. The number of H-pyrrole nitrogens is 1. The van der Waals surface area contributed by atoms with Crippen LogP contribution in [0.3, 0.4) is 0 Å². The number of aromatic amines is 1. The van der Waals surface area contributed by atoms with Crippen molar-refractivity contribution in [1.82, 2.24) is 9.88 Å². The van der Waals surface area contributed by atoms with Crippen LogP contribution in [0.5, 0.6) is 0 Å². The van der Waals surface area contributed by atoms with Crippen LogP contribution in [0.2, 0.25) is 5.02 Å². The smallest absolute Gasteiger partial charge is 0.194 e. The number of halogens is 1. The first-order valence-corrected chi connectivity index (χ1v) is 9.59. The Labute approximate surface area is 154 Å². The van der Waals surface area contributed by atoms with Gasteiger partial charge in [-0.2, -0.15) is 0 Å². The van der Waals surface area contributed by atoms with Crippen molar-refractivity contribution in [2.75, 3.05) is 6.54 Å². The largest absolute Gasteiger partial charge is 0.358 e. The van der Waals surface area contributed by atoms with Gasteiger partial charge in [-0.05, 0) is 55.2 Å². The van der Waals surface area contributed by atoms with E-state index in [0.717, 1.165) is 29.9 Å². The first-order chi connectivity index (χ1) is 11.7. The highest BCUT2D eigenvalue weighted by Crippen LogP contribution is 2.52. The van der Waals surface area contributed by atoms with Crippen LogP contribution >= 0.6 is 11.6 Å². The molecule has 1 aliphatic carbocycles. The molecule has 1 saturated carbocycles. The van der Waals surface area contributed by atoms with E-state index < -0.39 is 0 Å². The van der Waals surface area contributed by atoms with Gasteiger partial charge < -0.3 is 4.98 Å². The third-order valence-corrected chi connectivity index (χ3v) is 6.39. The lowest BCUT2D eigenvalue weighted by Gasteiger charge is -2.40. The molecule has 4 rings (SSSR count). The maximum Gasteiger partial charge on any atom is 0.194 e. The zero-order valence-corrected chi connectivity index (χ0v) is 16.3. The van der Waals surface area contributed by atoms with E-state index >= 15 is 0 Å². The molecule has 2 aliphatic rings. The van der Waals surface area contributed by atoms with Gasteiger partial charge in [0, 0.05) is 46.3 Å². The summed E-state index contributed by atoms with van der Waals surface area (Å²) in [5.41, 5.74) is 3.64. The average molecular weight is 359 g/mol. The van der Waals surface area contributed by atoms with Crippen LogP contribution in [-0.4, -0.2) is 22.5 Å². The van der Waals surface area contributed by atoms with Gasteiger partial charge >= 0.3 is 0 Å². The number of aryl methyl sites for hydroxylation is 1. The number of rotatable bonds is 2. The molecule has 1 aromatic heterocycles. The Morgan fingerprint density at radius 1 is 1.28 bits per heavy atom. The van der Waals surface area contributed by atoms with Gasteiger partial charge in [0.1, 0.15) is 0 Å². The summed E-state index contributed by atoms with van der Waals surface area (Å²) in [5.74, 6) is 0. The minimum absolute atomic E-state index is 0.125. The Balaban J connectivity index is 1.71. The molecule has 0 amide bonds. The molecule has 0 unspecified atom stereocenters. The van der Waals surface area contributed by atoms with Gasteiger partial charge in [0.25, 0.3) is 0 Å². The molecule has 2 bridgehead atoms. The Morgan fingerprint density at radius 2 is 2.04 bits per heavy atom. The minimum Gasteiger partial charge on any atom is -0.358 e. The number of aromatic nitrogens is 1. The van der Waals surface area contributed by atoms with Gasteiger partial charge in [-0.3, -0.25) is 9.69 Å². The van der Waals surface area contributed by atoms with Crippen LogP contribution in [-0.2, 0) is 6.54 Å². The highest BCUT2D eigenvalue weighted by Gasteiger charge is 2.49. The molecular formula is C21H27ClN2O. The normalized spacial score (nSPS) is 28.6. The number of fused-ring (bicyclic) bond motifs is 3. The monoisotopic (exact) mass is 358 g/mol. The van der Waals surface area contributed by atoms with Gasteiger partial charge in [0.05, 0.1) is 0 Å². The van der Waals surface area contributed by atoms with Crippen molar-refractivity contribution < 1.29 is 0 Å². The molecule has 2 fully saturated rings. The fraction of sp³-hybridized carbons (Fsp3) is 0.571. The average Bonchev–Trinajstić information content (AvgIpc) is 2.73. The Bertz CT molecular complexity index is 901. The zero-order valence-electron chi connectivity index (χ0n) is 15.6. The summed E-state index contributed by atoms with van der Waals surface area (Å²) in [7, 11) is 0. The molecule has 0 radical (unpaired) electrons. The van der Waals surface area contributed by atoms with E-state index in [9.17, 15) is 4.79 Å². The molecule has 0 spiro atoms. The zero-order chi connectivity index (χ0) is 18.0. The predicted molar refractivity (Wildman–Crippen MR) is 104 cm³/mol. The molecule has 1 N–H and O–H groups in total. The van der Waals surface area contributed by atoms with E-state index in [2.05, 4.69) is 30.7 Å². The Morgan fingerprint density at radius 3 is 2.80 bits per heavy atom. The second-order valence-electron chi connectivity index (χ2n) is 9.37. The summed E-state index contributed by atoms with van der Waals surface area (Å²) in [6.45, 7) is 11.0. The third-order valence-electron chi connectivity index (χ3n) is 6.16. The molecule has 1 saturated heterocycles. The van der Waals surface area contributed by atoms with Crippen LogP contribution < -0.4 is 5.43 Å². The van der Waals surface area contributed by atoms with Crippen molar-refractivity contribution in [2.24, 2.45) is 10.8 Å². The molecule has 134 valence electrons. The lowest BCUT2D eigenvalue weighted by Crippen LogP contribution is -2.35. The summed E-state index contributed by atoms with van der Waals surface area (Å²) in [4.78, 5) is 19.0. The molecule has 4 heteroatoms. The molecular weight excluding hydrogens is 332 g/mol. The maximum absolute atomic E-state index is 13.1. The number of benzene rings is 1. The second-order valence-corrected chi connectivity index (χ2v) is 9.80. The summed E-state index contributed by atoms with van der Waals surface area (Å²) >= 11 is 6.11. The number of nitrogens with one attached hydrogen (secondary N) is 1. The molecule has 25 heavy (non-hydrogen) atoms. The summed E-state index contributed by atoms with van der Waals surface area (Å²) in [6, 6.07) is 6.08. The van der Waals surface area contributed by atoms with Gasteiger partial charge in [0.15, 0.2) is 5.43 Å². The van der Waals surface area contributed by atoms with Crippen LogP contribution in [0, 0.1) is 17.8 Å². The van der Waals surface area contributed by atoms with E-state index in [1.165, 1.54) is 19.3 Å². The number of hydrogen-bond donors (Lipinski definition) is 1. The van der Waals surface area contributed by atoms with E-state index in [1.807, 2.05) is 19.1 Å². The topological polar surface area (TPSA) is 36.1 Å². The van der Waals surface area contributed by atoms with Crippen LogP contribution in [0.1, 0.15) is 51.3 Å². The fourth-order valence-corrected chi connectivity index (χ4v) is 5.75. The molecule has 3 nitrogen and oxygen atoms in total. The highest BCUT2D eigenvalue weighted by atomic mass is 35.5. The SMILES string of the molecule is Cc1[nH]c2ccc(Cl)cc2c(=O)c1CN1C[C@]2(C)C[C@@H]1CC(C)(C)C2. The summed E-state index contributed by atoms with van der Waals surface area (Å²) in [5, 5.41) is 1.31. The molecule has 1 aliphatic heterocycles. The lowest BCUT2D eigenvalue weighted by molar-refractivity contribution is 0.126. The van der Waals surface area contributed by atoms with E-state index in [-0.39, 0.29) is 5.43 Å². The van der Waals surface area contributed by atoms with Gasteiger partial charge in [-0.1, -0.05) is 32.4 Å². The Kier molecular flexibility index (Phi) is 3.82. The van der Waals surface area contributed by atoms with Crippen LogP contribution in [0.15, 0.2) is 23.0 Å². The van der Waals surface area contributed by atoms with Gasteiger partial charge in [-0.25, -0.2) is 0 Å². The van der Waals surface area contributed by atoms with Crippen molar-refractivity contribution in [3.8, 4) is 0 Å². The van der Waals surface area contributed by atoms with Crippen molar-refractivity contribution >= 4 is 22.5 Å². The second kappa shape index (κ2) is 5.59. The Hall–Kier alpha value is -1.32. The maximum atomic E-state index is 13.1. The molecule has 2 heterocycles. The standard InChI is InChI=1S/C21H27ClN2O/c1-13-17(19(25)16-7-14(22)5-6-18(16)23-13)10-24-12-21(4)9-15(24)8-20(2,3)11-21/h5-7,15H,8-12H2,1-4H3,(H,23,25)/t15-,21+/m0/s1. The third kappa shape index (κ3) is 3.02. The molecule has 2 atom stereocenters. The molecule has 1 aromatic carbocycles. The van der Waals surface area contributed by atoms with E-state index in [0.29, 0.717) is 27.3 Å². The van der Waals surface area contributed by atoms with E-state index in [4.69, 9.17) is 11.6 Å². The first kappa shape index (κ1) is 17.1. The number of likely N-dealkylation sites (tertiary alicyclic amines) is 1. The molecule has 2 aromatic rings. The van der Waals surface area contributed by atoms with E-state index in [1.54, 1.807) is 6.07 Å². The summed E-state index contributed by atoms with van der Waals surface area (Å²) in [6.07, 6.45) is 3.75. The minimum atomic E-state index is 0.125. The number of pyridine rings is 1. The van der Waals surface area contributed by atoms with Crippen LogP contribution in [0.25, 0.3) is 10.9 Å². The van der Waals surface area contributed by atoms with Crippen LogP contribution in [0.4, 0.5) is 0 Å². The fourth-order valence-electron chi connectivity index (χ4n) is 5.58. The van der Waals surface area contributed by atoms with Crippen molar-refractivity contribution in [2.45, 2.75) is 59.5 Å². The van der Waals surface area contributed by atoms with Crippen molar-refractivity contribution in [1.29, 1.82) is 0 Å². The van der Waals surface area contributed by atoms with Crippen molar-refractivity contribution in [3.63, 3.8) is 0 Å². The van der Waals surface area contributed by atoms with Gasteiger partial charge in [0.2, 0.25) is 0 Å². The van der Waals surface area contributed by atoms with Gasteiger partial charge in [-0.15, -0.1) is 0 Å². The lowest BCUT2D eigenvalue weighted by atomic mass is 9.65. The first-order valence-electron chi connectivity index (χ1n) is 9.21. The highest BCUT2D eigenvalue weighted by molar-refractivity contribution is 6.31. The number of hydrogen-bond acceptors (Lipinski definition) is 2.